The predicted molar refractivity (Wildman–Crippen MR) is 78.5 cm³/mol. The van der Waals surface area contributed by atoms with Crippen molar-refractivity contribution in [3.05, 3.63) is 35.4 Å². The lowest BCUT2D eigenvalue weighted by Gasteiger charge is -2.37. The standard InChI is InChI=1S/C17H25F2N/c1-3-12-7-5-6-8-14(12)17(20-4-2)15-11-13(18)9-10-16(15)19/h9-12,14,17,20H,3-8H2,1-2H3. The lowest BCUT2D eigenvalue weighted by molar-refractivity contribution is 0.174. The molecule has 0 saturated heterocycles. The Morgan fingerprint density at radius 1 is 1.20 bits per heavy atom. The van der Waals surface area contributed by atoms with E-state index in [0.29, 0.717) is 17.4 Å². The molecule has 1 aromatic carbocycles. The minimum absolute atomic E-state index is 0.0686. The largest absolute Gasteiger partial charge is 0.310 e. The molecule has 0 radical (unpaired) electrons. The van der Waals surface area contributed by atoms with Gasteiger partial charge in [0.25, 0.3) is 0 Å². The van der Waals surface area contributed by atoms with E-state index in [9.17, 15) is 8.78 Å². The van der Waals surface area contributed by atoms with Gasteiger partial charge in [-0.05, 0) is 43.0 Å². The molecule has 2 rings (SSSR count). The molecule has 0 aliphatic heterocycles. The average Bonchev–Trinajstić information content (AvgIpc) is 2.47. The van der Waals surface area contributed by atoms with E-state index in [0.717, 1.165) is 19.4 Å². The molecule has 1 N–H and O–H groups in total. The summed E-state index contributed by atoms with van der Waals surface area (Å²) in [6.07, 6.45) is 5.88. The Labute approximate surface area is 120 Å². The molecule has 0 heterocycles. The highest BCUT2D eigenvalue weighted by Crippen LogP contribution is 2.41. The van der Waals surface area contributed by atoms with Gasteiger partial charge in [0.2, 0.25) is 0 Å². The average molecular weight is 281 g/mol. The molecule has 112 valence electrons. The van der Waals surface area contributed by atoms with Gasteiger partial charge >= 0.3 is 0 Å². The molecular weight excluding hydrogens is 256 g/mol. The summed E-state index contributed by atoms with van der Waals surface area (Å²) in [5.41, 5.74) is 0.497. The van der Waals surface area contributed by atoms with Gasteiger partial charge in [-0.25, -0.2) is 8.78 Å². The summed E-state index contributed by atoms with van der Waals surface area (Å²) in [5, 5.41) is 3.39. The van der Waals surface area contributed by atoms with E-state index in [1.54, 1.807) is 0 Å². The van der Waals surface area contributed by atoms with Crippen LogP contribution in [0.15, 0.2) is 18.2 Å². The summed E-state index contributed by atoms with van der Waals surface area (Å²) in [6, 6.07) is 3.74. The fraction of sp³-hybridized carbons (Fsp3) is 0.647. The van der Waals surface area contributed by atoms with E-state index in [4.69, 9.17) is 0 Å². The molecule has 3 unspecified atom stereocenters. The number of hydrogen-bond acceptors (Lipinski definition) is 1. The Morgan fingerprint density at radius 3 is 2.65 bits per heavy atom. The summed E-state index contributed by atoms with van der Waals surface area (Å²) >= 11 is 0. The Kier molecular flexibility index (Phi) is 5.53. The van der Waals surface area contributed by atoms with Crippen LogP contribution >= 0.6 is 0 Å². The first-order valence-electron chi connectivity index (χ1n) is 7.85. The summed E-state index contributed by atoms with van der Waals surface area (Å²) < 4.78 is 27.6. The fourth-order valence-electron chi connectivity index (χ4n) is 3.65. The lowest BCUT2D eigenvalue weighted by Crippen LogP contribution is -2.35. The lowest BCUT2D eigenvalue weighted by atomic mass is 9.72. The van der Waals surface area contributed by atoms with Crippen LogP contribution in [0.1, 0.15) is 57.6 Å². The van der Waals surface area contributed by atoms with Crippen LogP contribution in [0.2, 0.25) is 0 Å². The van der Waals surface area contributed by atoms with Crippen molar-refractivity contribution in [2.75, 3.05) is 6.54 Å². The van der Waals surface area contributed by atoms with Gasteiger partial charge in [0.1, 0.15) is 11.6 Å². The van der Waals surface area contributed by atoms with Crippen molar-refractivity contribution in [1.29, 1.82) is 0 Å². The number of halogens is 2. The molecule has 0 spiro atoms. The van der Waals surface area contributed by atoms with Crippen LogP contribution in [0.5, 0.6) is 0 Å². The summed E-state index contributed by atoms with van der Waals surface area (Å²) in [4.78, 5) is 0. The zero-order valence-corrected chi connectivity index (χ0v) is 12.5. The number of nitrogens with one attached hydrogen (secondary N) is 1. The van der Waals surface area contributed by atoms with Crippen LogP contribution < -0.4 is 5.32 Å². The first-order chi connectivity index (χ1) is 9.67. The summed E-state index contributed by atoms with van der Waals surface area (Å²) in [5.74, 6) is 0.367. The summed E-state index contributed by atoms with van der Waals surface area (Å²) in [6.45, 7) is 5.00. The smallest absolute Gasteiger partial charge is 0.128 e. The third-order valence-electron chi connectivity index (χ3n) is 4.64. The molecule has 1 aliphatic carbocycles. The van der Waals surface area contributed by atoms with E-state index < -0.39 is 0 Å². The zero-order chi connectivity index (χ0) is 14.5. The highest BCUT2D eigenvalue weighted by molar-refractivity contribution is 5.23. The molecule has 1 aliphatic rings. The van der Waals surface area contributed by atoms with Crippen molar-refractivity contribution in [2.24, 2.45) is 11.8 Å². The Morgan fingerprint density at radius 2 is 1.95 bits per heavy atom. The summed E-state index contributed by atoms with van der Waals surface area (Å²) in [7, 11) is 0. The molecule has 0 bridgehead atoms. The highest BCUT2D eigenvalue weighted by Gasteiger charge is 2.32. The van der Waals surface area contributed by atoms with Crippen molar-refractivity contribution in [3.8, 4) is 0 Å². The third-order valence-corrected chi connectivity index (χ3v) is 4.64. The van der Waals surface area contributed by atoms with E-state index in [1.165, 1.54) is 37.5 Å². The second-order valence-corrected chi connectivity index (χ2v) is 5.82. The van der Waals surface area contributed by atoms with Crippen LogP contribution in [-0.4, -0.2) is 6.54 Å². The third kappa shape index (κ3) is 3.38. The molecule has 3 heteroatoms. The zero-order valence-electron chi connectivity index (χ0n) is 12.5. The van der Waals surface area contributed by atoms with Gasteiger partial charge < -0.3 is 5.32 Å². The Balaban J connectivity index is 2.31. The minimum atomic E-state index is -0.354. The van der Waals surface area contributed by atoms with Crippen LogP contribution in [-0.2, 0) is 0 Å². The predicted octanol–water partition coefficient (Wildman–Crippen LogP) is 4.83. The molecule has 1 nitrogen and oxygen atoms in total. The van der Waals surface area contributed by atoms with Crippen molar-refractivity contribution >= 4 is 0 Å². The van der Waals surface area contributed by atoms with Gasteiger partial charge in [0.05, 0.1) is 0 Å². The second kappa shape index (κ2) is 7.16. The van der Waals surface area contributed by atoms with Crippen LogP contribution in [0.3, 0.4) is 0 Å². The quantitative estimate of drug-likeness (QED) is 0.815. The van der Waals surface area contributed by atoms with E-state index in [2.05, 4.69) is 12.2 Å². The van der Waals surface area contributed by atoms with Gasteiger partial charge in [-0.1, -0.05) is 39.5 Å². The Hall–Kier alpha value is -0.960. The molecular formula is C17H25F2N. The molecule has 3 atom stereocenters. The van der Waals surface area contributed by atoms with E-state index in [1.807, 2.05) is 6.92 Å². The van der Waals surface area contributed by atoms with Crippen molar-refractivity contribution in [2.45, 2.75) is 52.0 Å². The first-order valence-corrected chi connectivity index (χ1v) is 7.85. The monoisotopic (exact) mass is 281 g/mol. The van der Waals surface area contributed by atoms with Crippen LogP contribution in [0.25, 0.3) is 0 Å². The van der Waals surface area contributed by atoms with Crippen LogP contribution in [0, 0.1) is 23.5 Å². The van der Waals surface area contributed by atoms with Crippen molar-refractivity contribution in [3.63, 3.8) is 0 Å². The maximum absolute atomic E-state index is 14.1. The fourth-order valence-corrected chi connectivity index (χ4v) is 3.65. The van der Waals surface area contributed by atoms with E-state index >= 15 is 0 Å². The minimum Gasteiger partial charge on any atom is -0.310 e. The molecule has 1 fully saturated rings. The normalized spacial score (nSPS) is 24.6. The topological polar surface area (TPSA) is 12.0 Å². The number of benzene rings is 1. The second-order valence-electron chi connectivity index (χ2n) is 5.82. The molecule has 1 saturated carbocycles. The molecule has 1 aromatic rings. The first kappa shape index (κ1) is 15.4. The van der Waals surface area contributed by atoms with Crippen molar-refractivity contribution < 1.29 is 8.78 Å². The molecule has 20 heavy (non-hydrogen) atoms. The highest BCUT2D eigenvalue weighted by atomic mass is 19.1. The SMILES string of the molecule is CCNC(c1cc(F)ccc1F)C1CCCCC1CC. The van der Waals surface area contributed by atoms with Gasteiger partial charge in [-0.15, -0.1) is 0 Å². The van der Waals surface area contributed by atoms with Gasteiger partial charge in [-0.3, -0.25) is 0 Å². The maximum atomic E-state index is 14.1. The maximum Gasteiger partial charge on any atom is 0.128 e. The van der Waals surface area contributed by atoms with Gasteiger partial charge in [0.15, 0.2) is 0 Å². The number of hydrogen-bond donors (Lipinski definition) is 1. The van der Waals surface area contributed by atoms with E-state index in [-0.39, 0.29) is 17.7 Å². The Bertz CT molecular complexity index is 433. The van der Waals surface area contributed by atoms with Gasteiger partial charge in [0, 0.05) is 11.6 Å². The molecule has 0 amide bonds. The van der Waals surface area contributed by atoms with Crippen LogP contribution in [0.4, 0.5) is 8.78 Å². The van der Waals surface area contributed by atoms with Crippen molar-refractivity contribution in [1.82, 2.24) is 5.32 Å². The molecule has 0 aromatic heterocycles. The number of rotatable bonds is 5. The van der Waals surface area contributed by atoms with Gasteiger partial charge in [-0.2, -0.15) is 0 Å².